The highest BCUT2D eigenvalue weighted by Gasteiger charge is 2.25. The van der Waals surface area contributed by atoms with Crippen LogP contribution in [-0.2, 0) is 9.59 Å². The Labute approximate surface area is 223 Å². The highest BCUT2D eigenvalue weighted by atomic mass is 35.5. The second-order valence-electron chi connectivity index (χ2n) is 10.5. The van der Waals surface area contributed by atoms with Gasteiger partial charge in [-0.15, -0.1) is 10.2 Å². The van der Waals surface area contributed by atoms with E-state index in [9.17, 15) is 9.59 Å². The molecule has 3 aromatic rings. The lowest BCUT2D eigenvalue weighted by Gasteiger charge is -2.31. The van der Waals surface area contributed by atoms with Gasteiger partial charge in [0.2, 0.25) is 16.9 Å². The van der Waals surface area contributed by atoms with Crippen molar-refractivity contribution in [3.63, 3.8) is 0 Å². The fraction of sp³-hybridized carbons (Fsp3) is 0.429. The quantitative estimate of drug-likeness (QED) is 0.302. The third kappa shape index (κ3) is 8.42. The molecule has 0 saturated carbocycles. The summed E-state index contributed by atoms with van der Waals surface area (Å²) in [6.07, 6.45) is 1.59. The molecule has 1 heterocycles. The monoisotopic (exact) mass is 526 g/mol. The van der Waals surface area contributed by atoms with Crippen LogP contribution in [-0.4, -0.2) is 33.5 Å². The standard InChI is InChI=1S/C28H35ClN4O2S/c1-19(18-28(3,4)5)17-25(35)33(20(2)21-9-7-6-8-10-21)16-15-24(34)30-27-32-31-26(36-27)22-11-13-23(29)14-12-22/h6-14,19-20H,15-18H2,1-5H3,(H,30,32,34)/t19-,20+/m1/s1. The maximum Gasteiger partial charge on any atom is 0.227 e. The molecule has 36 heavy (non-hydrogen) atoms. The van der Waals surface area contributed by atoms with Crippen molar-refractivity contribution < 1.29 is 9.59 Å². The molecular formula is C28H35ClN4O2S. The normalized spacial score (nSPS) is 13.2. The van der Waals surface area contributed by atoms with Crippen LogP contribution < -0.4 is 5.32 Å². The van der Waals surface area contributed by atoms with Crippen LogP contribution in [0.15, 0.2) is 54.6 Å². The van der Waals surface area contributed by atoms with E-state index in [0.717, 1.165) is 17.5 Å². The summed E-state index contributed by atoms with van der Waals surface area (Å²) < 4.78 is 0. The van der Waals surface area contributed by atoms with E-state index in [1.165, 1.54) is 11.3 Å². The van der Waals surface area contributed by atoms with Crippen molar-refractivity contribution in [2.45, 2.75) is 59.9 Å². The number of carbonyl (C=O) groups is 2. The zero-order valence-corrected chi connectivity index (χ0v) is 23.2. The van der Waals surface area contributed by atoms with Crippen molar-refractivity contribution >= 4 is 39.9 Å². The van der Waals surface area contributed by atoms with E-state index in [1.807, 2.05) is 54.3 Å². The molecule has 0 fully saturated rings. The molecule has 0 saturated heterocycles. The summed E-state index contributed by atoms with van der Waals surface area (Å²) in [5.41, 5.74) is 2.09. The van der Waals surface area contributed by atoms with Gasteiger partial charge in [0.1, 0.15) is 5.01 Å². The number of carbonyl (C=O) groups excluding carboxylic acids is 2. The lowest BCUT2D eigenvalue weighted by atomic mass is 9.84. The van der Waals surface area contributed by atoms with Crippen LogP contribution in [0.4, 0.5) is 5.13 Å². The molecule has 8 heteroatoms. The van der Waals surface area contributed by atoms with E-state index in [2.05, 4.69) is 43.2 Å². The topological polar surface area (TPSA) is 75.2 Å². The van der Waals surface area contributed by atoms with Crippen molar-refractivity contribution in [2.24, 2.45) is 11.3 Å². The van der Waals surface area contributed by atoms with Gasteiger partial charge in [0, 0.05) is 30.0 Å². The molecule has 0 unspecified atom stereocenters. The van der Waals surface area contributed by atoms with E-state index in [0.29, 0.717) is 28.1 Å². The highest BCUT2D eigenvalue weighted by molar-refractivity contribution is 7.18. The second-order valence-corrected chi connectivity index (χ2v) is 11.9. The van der Waals surface area contributed by atoms with E-state index >= 15 is 0 Å². The number of anilines is 1. The first-order valence-corrected chi connectivity index (χ1v) is 13.4. The Morgan fingerprint density at radius 1 is 1.03 bits per heavy atom. The number of rotatable bonds is 10. The molecule has 0 spiro atoms. The minimum absolute atomic E-state index is 0.0665. The molecular weight excluding hydrogens is 492 g/mol. The Hall–Kier alpha value is -2.77. The molecule has 0 bridgehead atoms. The minimum atomic E-state index is -0.199. The zero-order valence-electron chi connectivity index (χ0n) is 21.6. The van der Waals surface area contributed by atoms with Gasteiger partial charge in [0.15, 0.2) is 0 Å². The Morgan fingerprint density at radius 3 is 2.33 bits per heavy atom. The van der Waals surface area contributed by atoms with Crippen molar-refractivity contribution in [1.29, 1.82) is 0 Å². The summed E-state index contributed by atoms with van der Waals surface area (Å²) >= 11 is 7.25. The van der Waals surface area contributed by atoms with Gasteiger partial charge in [-0.25, -0.2) is 0 Å². The largest absolute Gasteiger partial charge is 0.335 e. The lowest BCUT2D eigenvalue weighted by molar-refractivity contribution is -0.134. The van der Waals surface area contributed by atoms with Gasteiger partial charge in [0.05, 0.1) is 6.04 Å². The van der Waals surface area contributed by atoms with Crippen molar-refractivity contribution in [3.05, 3.63) is 65.2 Å². The van der Waals surface area contributed by atoms with Crippen LogP contribution >= 0.6 is 22.9 Å². The van der Waals surface area contributed by atoms with Gasteiger partial charge in [-0.05, 0) is 42.4 Å². The smallest absolute Gasteiger partial charge is 0.227 e. The molecule has 192 valence electrons. The molecule has 2 atom stereocenters. The lowest BCUT2D eigenvalue weighted by Crippen LogP contribution is -2.37. The van der Waals surface area contributed by atoms with Crippen LogP contribution in [0.5, 0.6) is 0 Å². The van der Waals surface area contributed by atoms with E-state index in [-0.39, 0.29) is 35.6 Å². The van der Waals surface area contributed by atoms with Gasteiger partial charge >= 0.3 is 0 Å². The van der Waals surface area contributed by atoms with Crippen LogP contribution in [0.3, 0.4) is 0 Å². The summed E-state index contributed by atoms with van der Waals surface area (Å²) in [5.74, 6) is 0.121. The molecule has 0 aliphatic heterocycles. The predicted molar refractivity (Wildman–Crippen MR) is 148 cm³/mol. The molecule has 3 rings (SSSR count). The van der Waals surface area contributed by atoms with Gasteiger partial charge in [0.25, 0.3) is 0 Å². The van der Waals surface area contributed by atoms with Gasteiger partial charge in [-0.1, -0.05) is 93.1 Å². The summed E-state index contributed by atoms with van der Waals surface area (Å²) in [7, 11) is 0. The van der Waals surface area contributed by atoms with E-state index in [1.54, 1.807) is 12.1 Å². The zero-order chi connectivity index (χ0) is 26.3. The fourth-order valence-corrected chi connectivity index (χ4v) is 5.26. The number of hydrogen-bond donors (Lipinski definition) is 1. The van der Waals surface area contributed by atoms with Gasteiger partial charge in [-0.3, -0.25) is 9.59 Å². The van der Waals surface area contributed by atoms with Crippen molar-refractivity contribution in [2.75, 3.05) is 11.9 Å². The number of halogens is 1. The summed E-state index contributed by atoms with van der Waals surface area (Å²) in [4.78, 5) is 28.0. The third-order valence-electron chi connectivity index (χ3n) is 5.90. The second kappa shape index (κ2) is 12.5. The molecule has 2 aromatic carbocycles. The Balaban J connectivity index is 1.65. The number of hydrogen-bond acceptors (Lipinski definition) is 5. The van der Waals surface area contributed by atoms with Crippen LogP contribution in [0, 0.1) is 11.3 Å². The Kier molecular flexibility index (Phi) is 9.63. The molecule has 1 aromatic heterocycles. The average Bonchev–Trinajstić information content (AvgIpc) is 3.27. The highest BCUT2D eigenvalue weighted by Crippen LogP contribution is 2.29. The number of benzene rings is 2. The van der Waals surface area contributed by atoms with Crippen molar-refractivity contribution in [3.8, 4) is 10.6 Å². The van der Waals surface area contributed by atoms with Gasteiger partial charge < -0.3 is 10.2 Å². The minimum Gasteiger partial charge on any atom is -0.335 e. The SMILES string of the molecule is C[C@H](CC(=O)N(CCC(=O)Nc1nnc(-c2ccc(Cl)cc2)s1)[C@@H](C)c1ccccc1)CC(C)(C)C. The van der Waals surface area contributed by atoms with Gasteiger partial charge in [-0.2, -0.15) is 0 Å². The Morgan fingerprint density at radius 2 is 1.69 bits per heavy atom. The summed E-state index contributed by atoms with van der Waals surface area (Å²) in [5, 5.41) is 12.9. The van der Waals surface area contributed by atoms with Crippen LogP contribution in [0.2, 0.25) is 5.02 Å². The average molecular weight is 527 g/mol. The molecule has 6 nitrogen and oxygen atoms in total. The van der Waals surface area contributed by atoms with E-state index < -0.39 is 0 Å². The summed E-state index contributed by atoms with van der Waals surface area (Å²) in [6.45, 7) is 11.0. The number of amides is 2. The molecule has 0 aliphatic rings. The fourth-order valence-electron chi connectivity index (χ4n) is 4.37. The molecule has 0 aliphatic carbocycles. The number of nitrogens with one attached hydrogen (secondary N) is 1. The first kappa shape index (κ1) is 27.8. The van der Waals surface area contributed by atoms with Crippen LogP contribution in [0.1, 0.15) is 65.5 Å². The molecule has 2 amide bonds. The summed E-state index contributed by atoms with van der Waals surface area (Å²) in [6, 6.07) is 17.1. The maximum atomic E-state index is 13.4. The Bertz CT molecular complexity index is 1140. The van der Waals surface area contributed by atoms with Crippen LogP contribution in [0.25, 0.3) is 10.6 Å². The van der Waals surface area contributed by atoms with E-state index in [4.69, 9.17) is 11.6 Å². The van der Waals surface area contributed by atoms with Crippen molar-refractivity contribution in [1.82, 2.24) is 15.1 Å². The number of nitrogens with zero attached hydrogens (tertiary/aromatic N) is 3. The predicted octanol–water partition coefficient (Wildman–Crippen LogP) is 7.24. The maximum absolute atomic E-state index is 13.4. The first-order valence-electron chi connectivity index (χ1n) is 12.3. The molecule has 1 N–H and O–H groups in total. The molecule has 0 radical (unpaired) electrons. The first-order chi connectivity index (χ1) is 17.0. The third-order valence-corrected chi connectivity index (χ3v) is 7.04. The number of aromatic nitrogens is 2.